The summed E-state index contributed by atoms with van der Waals surface area (Å²) in [5.74, 6) is -0.374. The van der Waals surface area contributed by atoms with E-state index >= 15 is 0 Å². The van der Waals surface area contributed by atoms with E-state index in [9.17, 15) is 13.2 Å². The van der Waals surface area contributed by atoms with Crippen molar-refractivity contribution in [2.24, 2.45) is 0 Å². The van der Waals surface area contributed by atoms with Crippen molar-refractivity contribution in [3.05, 3.63) is 65.2 Å². The second-order valence-corrected chi connectivity index (χ2v) is 10.4. The molecule has 0 aliphatic heterocycles. The van der Waals surface area contributed by atoms with E-state index in [-0.39, 0.29) is 10.8 Å². The Morgan fingerprint density at radius 1 is 1.03 bits per heavy atom. The Kier molecular flexibility index (Phi) is 7.32. The molecule has 2 aromatic carbocycles. The van der Waals surface area contributed by atoms with E-state index < -0.39 is 14.6 Å². The van der Waals surface area contributed by atoms with E-state index in [0.717, 1.165) is 29.5 Å². The maximum absolute atomic E-state index is 13.5. The van der Waals surface area contributed by atoms with Crippen LogP contribution < -0.4 is 5.32 Å². The lowest BCUT2D eigenvalue weighted by Crippen LogP contribution is -2.50. The first-order chi connectivity index (χ1) is 14.4. The molecule has 0 bridgehead atoms. The van der Waals surface area contributed by atoms with Gasteiger partial charge >= 0.3 is 0 Å². The number of benzene rings is 2. The third-order valence-electron chi connectivity index (χ3n) is 5.99. The predicted molar refractivity (Wildman–Crippen MR) is 118 cm³/mol. The zero-order valence-corrected chi connectivity index (χ0v) is 18.6. The molecule has 6 heteroatoms. The van der Waals surface area contributed by atoms with Gasteiger partial charge in [0.2, 0.25) is 5.91 Å². The Morgan fingerprint density at radius 2 is 1.73 bits per heavy atom. The first-order valence-electron chi connectivity index (χ1n) is 10.6. The van der Waals surface area contributed by atoms with Crippen molar-refractivity contribution >= 4 is 15.7 Å². The van der Waals surface area contributed by atoms with Gasteiger partial charge in [0.1, 0.15) is 0 Å². The number of amides is 1. The zero-order chi connectivity index (χ0) is 21.6. The van der Waals surface area contributed by atoms with Crippen LogP contribution in [0.5, 0.6) is 0 Å². The van der Waals surface area contributed by atoms with Gasteiger partial charge in [0, 0.05) is 13.2 Å². The molecule has 0 radical (unpaired) electrons. The summed E-state index contributed by atoms with van der Waals surface area (Å²) in [6.45, 7) is 5.28. The average Bonchev–Trinajstić information content (AvgIpc) is 3.25. The summed E-state index contributed by atoms with van der Waals surface area (Å²) in [7, 11) is -3.77. The molecular formula is C24H31NO4S. The highest BCUT2D eigenvalue weighted by Crippen LogP contribution is 2.41. The normalized spacial score (nSPS) is 15.8. The van der Waals surface area contributed by atoms with Gasteiger partial charge in [-0.15, -0.1) is 0 Å². The number of carbonyl (C=O) groups is 1. The minimum Gasteiger partial charge on any atom is -0.377 e. The molecule has 1 aliphatic rings. The molecule has 0 saturated heterocycles. The van der Waals surface area contributed by atoms with Gasteiger partial charge in [-0.2, -0.15) is 0 Å². The average molecular weight is 430 g/mol. The van der Waals surface area contributed by atoms with Crippen LogP contribution in [0, 0.1) is 13.8 Å². The third-order valence-corrected chi connectivity index (χ3v) is 8.49. The number of nitrogens with one attached hydrogen (secondary N) is 1. The molecule has 1 N–H and O–H groups in total. The molecule has 1 saturated carbocycles. The van der Waals surface area contributed by atoms with Crippen LogP contribution in [-0.4, -0.2) is 32.2 Å². The Balaban J connectivity index is 1.59. The Labute approximate surface area is 179 Å². The summed E-state index contributed by atoms with van der Waals surface area (Å²) in [6.07, 6.45) is 2.88. The van der Waals surface area contributed by atoms with Crippen molar-refractivity contribution in [2.75, 3.05) is 13.2 Å². The van der Waals surface area contributed by atoms with Crippen LogP contribution in [0.3, 0.4) is 0 Å². The zero-order valence-electron chi connectivity index (χ0n) is 17.8. The van der Waals surface area contributed by atoms with Gasteiger partial charge in [-0.3, -0.25) is 4.79 Å². The lowest BCUT2D eigenvalue weighted by Gasteiger charge is -2.28. The lowest BCUT2D eigenvalue weighted by atomic mass is 10.1. The van der Waals surface area contributed by atoms with Gasteiger partial charge in [-0.05, 0) is 61.9 Å². The second kappa shape index (κ2) is 9.75. The molecule has 0 heterocycles. The van der Waals surface area contributed by atoms with Gasteiger partial charge in [0.05, 0.1) is 11.5 Å². The predicted octanol–water partition coefficient (Wildman–Crippen LogP) is 4.11. The fraction of sp³-hybridized carbons (Fsp3) is 0.458. The minimum absolute atomic E-state index is 0.244. The molecule has 1 aliphatic carbocycles. The molecule has 162 valence electrons. The Morgan fingerprint density at radius 3 is 2.40 bits per heavy atom. The molecule has 3 rings (SSSR count). The van der Waals surface area contributed by atoms with E-state index in [2.05, 4.69) is 5.32 Å². The smallest absolute Gasteiger partial charge is 0.241 e. The highest BCUT2D eigenvalue weighted by Gasteiger charge is 2.52. The van der Waals surface area contributed by atoms with E-state index in [4.69, 9.17) is 4.74 Å². The number of hydrogen-bond donors (Lipinski definition) is 1. The summed E-state index contributed by atoms with van der Waals surface area (Å²) in [5, 5.41) is 2.87. The largest absolute Gasteiger partial charge is 0.377 e. The van der Waals surface area contributed by atoms with Crippen LogP contribution in [0.1, 0.15) is 48.8 Å². The van der Waals surface area contributed by atoms with Gasteiger partial charge in [-0.1, -0.05) is 49.2 Å². The maximum atomic E-state index is 13.5. The van der Waals surface area contributed by atoms with Crippen LogP contribution in [0.2, 0.25) is 0 Å². The number of ether oxygens (including phenoxy) is 1. The minimum atomic E-state index is -3.77. The molecular weight excluding hydrogens is 398 g/mol. The van der Waals surface area contributed by atoms with Crippen molar-refractivity contribution in [1.29, 1.82) is 0 Å². The fourth-order valence-electron chi connectivity index (χ4n) is 3.97. The molecule has 2 aromatic rings. The second-order valence-electron chi connectivity index (χ2n) is 8.10. The molecule has 1 fully saturated rings. The number of rotatable bonds is 9. The van der Waals surface area contributed by atoms with Gasteiger partial charge in [-0.25, -0.2) is 8.42 Å². The molecule has 30 heavy (non-hydrogen) atoms. The van der Waals surface area contributed by atoms with Crippen LogP contribution in [0.4, 0.5) is 0 Å². The summed E-state index contributed by atoms with van der Waals surface area (Å²) < 4.78 is 31.2. The first-order valence-corrected chi connectivity index (χ1v) is 12.1. The summed E-state index contributed by atoms with van der Waals surface area (Å²) in [5.41, 5.74) is 3.06. The van der Waals surface area contributed by atoms with Gasteiger partial charge < -0.3 is 10.1 Å². The topological polar surface area (TPSA) is 72.5 Å². The first kappa shape index (κ1) is 22.5. The quantitative estimate of drug-likeness (QED) is 0.609. The van der Waals surface area contributed by atoms with Crippen molar-refractivity contribution in [2.45, 2.75) is 62.2 Å². The van der Waals surface area contributed by atoms with Crippen LogP contribution in [0.15, 0.2) is 53.4 Å². The highest BCUT2D eigenvalue weighted by molar-refractivity contribution is 7.93. The van der Waals surface area contributed by atoms with E-state index in [1.54, 1.807) is 12.1 Å². The van der Waals surface area contributed by atoms with Crippen molar-refractivity contribution in [3.8, 4) is 0 Å². The van der Waals surface area contributed by atoms with Crippen molar-refractivity contribution in [3.63, 3.8) is 0 Å². The van der Waals surface area contributed by atoms with E-state index in [1.807, 2.05) is 50.2 Å². The fourth-order valence-corrected chi connectivity index (χ4v) is 6.14. The Bertz CT molecular complexity index is 964. The molecule has 0 aromatic heterocycles. The van der Waals surface area contributed by atoms with Crippen molar-refractivity contribution in [1.82, 2.24) is 5.32 Å². The van der Waals surface area contributed by atoms with Gasteiger partial charge in [0.25, 0.3) is 0 Å². The summed E-state index contributed by atoms with van der Waals surface area (Å²) in [4.78, 5) is 13.3. The van der Waals surface area contributed by atoms with Gasteiger partial charge in [0.15, 0.2) is 14.6 Å². The SMILES string of the molecule is Cc1ccc(S(=O)(=O)C2(C(=O)NCCCOCc3ccccc3)CCCC2)cc1C. The number of aryl methyl sites for hydroxylation is 2. The van der Waals surface area contributed by atoms with Crippen LogP contribution >= 0.6 is 0 Å². The molecule has 0 spiro atoms. The molecule has 1 amide bonds. The number of hydrogen-bond acceptors (Lipinski definition) is 4. The number of sulfone groups is 1. The highest BCUT2D eigenvalue weighted by atomic mass is 32.2. The van der Waals surface area contributed by atoms with Crippen LogP contribution in [-0.2, 0) is 26.0 Å². The standard InChI is InChI=1S/C24H31NO4S/c1-19-11-12-22(17-20(19)2)30(27,28)24(13-6-7-14-24)23(26)25-15-8-16-29-18-21-9-4-3-5-10-21/h3-5,9-12,17H,6-8,13-16,18H2,1-2H3,(H,25,26). The monoisotopic (exact) mass is 429 g/mol. The number of carbonyl (C=O) groups excluding carboxylic acids is 1. The molecule has 5 nitrogen and oxygen atoms in total. The Hall–Kier alpha value is -2.18. The van der Waals surface area contributed by atoms with E-state index in [1.165, 1.54) is 0 Å². The van der Waals surface area contributed by atoms with Crippen molar-refractivity contribution < 1.29 is 17.9 Å². The summed E-state index contributed by atoms with van der Waals surface area (Å²) >= 11 is 0. The molecule has 0 atom stereocenters. The summed E-state index contributed by atoms with van der Waals surface area (Å²) in [6, 6.07) is 15.0. The lowest BCUT2D eigenvalue weighted by molar-refractivity contribution is -0.123. The molecule has 0 unspecified atom stereocenters. The maximum Gasteiger partial charge on any atom is 0.241 e. The third kappa shape index (κ3) is 4.76. The van der Waals surface area contributed by atoms with E-state index in [0.29, 0.717) is 39.0 Å². The van der Waals surface area contributed by atoms with Crippen LogP contribution in [0.25, 0.3) is 0 Å².